The summed E-state index contributed by atoms with van der Waals surface area (Å²) >= 11 is 1.36. The van der Waals surface area contributed by atoms with Gasteiger partial charge in [0.2, 0.25) is 11.1 Å². The molecule has 4 rings (SSSR count). The van der Waals surface area contributed by atoms with Gasteiger partial charge in [-0.05, 0) is 36.3 Å². The molecular weight excluding hydrogens is 368 g/mol. The Morgan fingerprint density at radius 2 is 1.93 bits per heavy atom. The molecule has 144 valence electrons. The van der Waals surface area contributed by atoms with Gasteiger partial charge in [-0.2, -0.15) is 0 Å². The number of H-pyrrole nitrogens is 1. The highest BCUT2D eigenvalue weighted by atomic mass is 32.2. The van der Waals surface area contributed by atoms with E-state index >= 15 is 0 Å². The standard InChI is InChI=1S/C22H24N4OS/c1-2-15-8-10-18(11-9-15)21-24-22(26-25-21)28-14-19(27)23-20(17-12-13-17)16-6-4-3-5-7-16/h3-11,17,20H,2,12-14H2,1H3,(H,23,27)(H,24,25,26). The van der Waals surface area contributed by atoms with Crippen molar-refractivity contribution < 1.29 is 4.79 Å². The lowest BCUT2D eigenvalue weighted by Gasteiger charge is -2.18. The third kappa shape index (κ3) is 4.62. The van der Waals surface area contributed by atoms with Gasteiger partial charge in [-0.3, -0.25) is 9.89 Å². The summed E-state index contributed by atoms with van der Waals surface area (Å²) in [5, 5.41) is 11.0. The molecule has 0 saturated heterocycles. The van der Waals surface area contributed by atoms with E-state index in [-0.39, 0.29) is 11.9 Å². The number of aromatic amines is 1. The van der Waals surface area contributed by atoms with Crippen LogP contribution in [0, 0.1) is 5.92 Å². The number of aromatic nitrogens is 3. The molecule has 1 unspecified atom stereocenters. The summed E-state index contributed by atoms with van der Waals surface area (Å²) in [6.07, 6.45) is 3.36. The molecule has 2 N–H and O–H groups in total. The summed E-state index contributed by atoms with van der Waals surface area (Å²) in [6.45, 7) is 2.13. The van der Waals surface area contributed by atoms with E-state index in [1.807, 2.05) is 30.3 Å². The third-order valence-electron chi connectivity index (χ3n) is 5.00. The molecule has 0 bridgehead atoms. The number of hydrogen-bond acceptors (Lipinski definition) is 4. The molecule has 1 heterocycles. The summed E-state index contributed by atoms with van der Waals surface area (Å²) in [5.41, 5.74) is 3.47. The van der Waals surface area contributed by atoms with Gasteiger partial charge in [-0.15, -0.1) is 5.10 Å². The number of carbonyl (C=O) groups is 1. The lowest BCUT2D eigenvalue weighted by molar-refractivity contribution is -0.119. The van der Waals surface area contributed by atoms with Gasteiger partial charge in [0.15, 0.2) is 5.82 Å². The number of nitrogens with zero attached hydrogens (tertiary/aromatic N) is 2. The molecule has 2 aromatic carbocycles. The normalized spacial score (nSPS) is 14.6. The fourth-order valence-corrected chi connectivity index (χ4v) is 3.86. The van der Waals surface area contributed by atoms with Gasteiger partial charge in [0, 0.05) is 5.56 Å². The summed E-state index contributed by atoms with van der Waals surface area (Å²) in [4.78, 5) is 17.0. The fraction of sp³-hybridized carbons (Fsp3) is 0.318. The first kappa shape index (κ1) is 18.7. The molecule has 5 nitrogen and oxygen atoms in total. The largest absolute Gasteiger partial charge is 0.348 e. The monoisotopic (exact) mass is 392 g/mol. The Bertz CT molecular complexity index is 919. The Kier molecular flexibility index (Phi) is 5.76. The summed E-state index contributed by atoms with van der Waals surface area (Å²) in [7, 11) is 0. The van der Waals surface area contributed by atoms with Crippen LogP contribution in [0.15, 0.2) is 59.8 Å². The SMILES string of the molecule is CCc1ccc(-c2nc(SCC(=O)NC(c3ccccc3)C3CC3)n[nH]2)cc1. The minimum Gasteiger partial charge on any atom is -0.348 e. The molecule has 0 spiro atoms. The van der Waals surface area contributed by atoms with Gasteiger partial charge in [0.1, 0.15) is 0 Å². The van der Waals surface area contributed by atoms with Crippen molar-refractivity contribution in [3.05, 3.63) is 65.7 Å². The molecule has 28 heavy (non-hydrogen) atoms. The van der Waals surface area contributed by atoms with Crippen LogP contribution in [0.3, 0.4) is 0 Å². The van der Waals surface area contributed by atoms with Crippen LogP contribution in [0.5, 0.6) is 0 Å². The first-order valence-electron chi connectivity index (χ1n) is 9.71. The molecule has 6 heteroatoms. The van der Waals surface area contributed by atoms with Crippen LogP contribution in [-0.4, -0.2) is 26.8 Å². The minimum absolute atomic E-state index is 0.0180. The maximum absolute atomic E-state index is 12.5. The number of carbonyl (C=O) groups excluding carboxylic acids is 1. The van der Waals surface area contributed by atoms with Gasteiger partial charge in [0.25, 0.3) is 0 Å². The van der Waals surface area contributed by atoms with E-state index in [4.69, 9.17) is 0 Å². The number of hydrogen-bond donors (Lipinski definition) is 2. The van der Waals surface area contributed by atoms with E-state index in [0.29, 0.717) is 16.8 Å². The van der Waals surface area contributed by atoms with E-state index in [1.54, 1.807) is 0 Å². The molecule has 1 fully saturated rings. The van der Waals surface area contributed by atoms with Gasteiger partial charge in [0.05, 0.1) is 11.8 Å². The Hall–Kier alpha value is -2.60. The first-order chi connectivity index (χ1) is 13.7. The maximum Gasteiger partial charge on any atom is 0.230 e. The van der Waals surface area contributed by atoms with Crippen LogP contribution in [0.2, 0.25) is 0 Å². The molecule has 3 aromatic rings. The average molecular weight is 393 g/mol. The number of benzene rings is 2. The zero-order valence-corrected chi connectivity index (χ0v) is 16.7. The maximum atomic E-state index is 12.5. The van der Waals surface area contributed by atoms with Crippen molar-refractivity contribution in [2.24, 2.45) is 5.92 Å². The molecule has 1 atom stereocenters. The molecule has 1 aliphatic carbocycles. The van der Waals surface area contributed by atoms with Crippen LogP contribution in [0.4, 0.5) is 0 Å². The van der Waals surface area contributed by atoms with Gasteiger partial charge in [-0.1, -0.05) is 73.3 Å². The van der Waals surface area contributed by atoms with Crippen LogP contribution in [0.1, 0.15) is 36.9 Å². The molecule has 1 aliphatic rings. The van der Waals surface area contributed by atoms with Crippen molar-refractivity contribution in [3.8, 4) is 11.4 Å². The second kappa shape index (κ2) is 8.61. The molecule has 1 amide bonds. The number of aryl methyl sites for hydroxylation is 1. The zero-order valence-electron chi connectivity index (χ0n) is 15.9. The Morgan fingerprint density at radius 3 is 2.61 bits per heavy atom. The van der Waals surface area contributed by atoms with Crippen molar-refractivity contribution in [3.63, 3.8) is 0 Å². The quantitative estimate of drug-likeness (QED) is 0.558. The smallest absolute Gasteiger partial charge is 0.230 e. The second-order valence-corrected chi connectivity index (χ2v) is 8.04. The van der Waals surface area contributed by atoms with Gasteiger partial charge < -0.3 is 5.32 Å². The van der Waals surface area contributed by atoms with E-state index in [2.05, 4.69) is 51.7 Å². The number of nitrogens with one attached hydrogen (secondary N) is 2. The summed E-state index contributed by atoms with van der Waals surface area (Å²) in [6, 6.07) is 18.6. The lowest BCUT2D eigenvalue weighted by atomic mass is 10.0. The van der Waals surface area contributed by atoms with Gasteiger partial charge in [-0.25, -0.2) is 4.98 Å². The average Bonchev–Trinajstić information content (AvgIpc) is 3.48. The van der Waals surface area contributed by atoms with Crippen molar-refractivity contribution in [2.75, 3.05) is 5.75 Å². The highest BCUT2D eigenvalue weighted by molar-refractivity contribution is 7.99. The lowest BCUT2D eigenvalue weighted by Crippen LogP contribution is -2.31. The molecule has 1 aromatic heterocycles. The predicted octanol–water partition coefficient (Wildman–Crippen LogP) is 4.39. The molecule has 0 radical (unpaired) electrons. The van der Waals surface area contributed by atoms with E-state index in [1.165, 1.54) is 35.7 Å². The molecule has 0 aliphatic heterocycles. The van der Waals surface area contributed by atoms with Crippen molar-refractivity contribution in [1.29, 1.82) is 0 Å². The Balaban J connectivity index is 1.34. The number of rotatable bonds is 8. The highest BCUT2D eigenvalue weighted by Gasteiger charge is 2.33. The Morgan fingerprint density at radius 1 is 1.18 bits per heavy atom. The van der Waals surface area contributed by atoms with Crippen LogP contribution < -0.4 is 5.32 Å². The summed E-state index contributed by atoms with van der Waals surface area (Å²) < 4.78 is 0. The van der Waals surface area contributed by atoms with Crippen LogP contribution >= 0.6 is 11.8 Å². The number of thioether (sulfide) groups is 1. The topological polar surface area (TPSA) is 70.7 Å². The van der Waals surface area contributed by atoms with Crippen molar-refractivity contribution in [1.82, 2.24) is 20.5 Å². The third-order valence-corrected chi connectivity index (χ3v) is 5.85. The van der Waals surface area contributed by atoms with E-state index < -0.39 is 0 Å². The fourth-order valence-electron chi connectivity index (χ4n) is 3.25. The van der Waals surface area contributed by atoms with Crippen molar-refractivity contribution >= 4 is 17.7 Å². The highest BCUT2D eigenvalue weighted by Crippen LogP contribution is 2.41. The number of amides is 1. The predicted molar refractivity (Wildman–Crippen MR) is 112 cm³/mol. The van der Waals surface area contributed by atoms with E-state index in [0.717, 1.165) is 17.8 Å². The molecule has 1 saturated carbocycles. The van der Waals surface area contributed by atoms with Crippen molar-refractivity contribution in [2.45, 2.75) is 37.4 Å². The zero-order chi connectivity index (χ0) is 19.3. The van der Waals surface area contributed by atoms with Gasteiger partial charge >= 0.3 is 0 Å². The second-order valence-electron chi connectivity index (χ2n) is 7.10. The Labute approximate surface area is 169 Å². The molecular formula is C22H24N4OS. The minimum atomic E-state index is 0.0180. The van der Waals surface area contributed by atoms with Crippen LogP contribution in [-0.2, 0) is 11.2 Å². The first-order valence-corrected chi connectivity index (χ1v) is 10.7. The van der Waals surface area contributed by atoms with Crippen LogP contribution in [0.25, 0.3) is 11.4 Å². The summed E-state index contributed by atoms with van der Waals surface area (Å²) in [5.74, 6) is 1.61. The van der Waals surface area contributed by atoms with E-state index in [9.17, 15) is 4.79 Å².